The molecule has 0 bridgehead atoms. The van der Waals surface area contributed by atoms with Gasteiger partial charge in [-0.15, -0.1) is 0 Å². The van der Waals surface area contributed by atoms with Gasteiger partial charge in [-0.2, -0.15) is 0 Å². The van der Waals surface area contributed by atoms with Crippen molar-refractivity contribution in [3.8, 4) is 0 Å². The highest BCUT2D eigenvalue weighted by atomic mass is 19.1. The first kappa shape index (κ1) is 9.63. The van der Waals surface area contributed by atoms with Gasteiger partial charge in [-0.25, -0.2) is 9.45 Å². The van der Waals surface area contributed by atoms with E-state index in [-0.39, 0.29) is 12.4 Å². The lowest BCUT2D eigenvalue weighted by atomic mass is 9.89. The minimum atomic E-state index is -0.163. The monoisotopic (exact) mass is 220 g/mol. The van der Waals surface area contributed by atoms with Gasteiger partial charge in [-0.1, -0.05) is 0 Å². The fourth-order valence-corrected chi connectivity index (χ4v) is 2.27. The van der Waals surface area contributed by atoms with Crippen molar-refractivity contribution < 1.29 is 9.23 Å². The van der Waals surface area contributed by atoms with E-state index in [9.17, 15) is 4.39 Å². The van der Waals surface area contributed by atoms with Gasteiger partial charge in [0, 0.05) is 12.1 Å². The lowest BCUT2D eigenvalue weighted by Gasteiger charge is -2.24. The van der Waals surface area contributed by atoms with Crippen LogP contribution in [0.3, 0.4) is 0 Å². The molecule has 0 saturated carbocycles. The molecular weight excluding hydrogens is 207 g/mol. The Morgan fingerprint density at radius 3 is 3.19 bits per heavy atom. The van der Waals surface area contributed by atoms with Gasteiger partial charge in [0.2, 0.25) is 0 Å². The number of rotatable bonds is 1. The molecule has 0 N–H and O–H groups in total. The zero-order valence-corrected chi connectivity index (χ0v) is 8.90. The molecule has 3 nitrogen and oxygen atoms in total. The maximum Gasteiger partial charge on any atom is 0.125 e. The predicted molar refractivity (Wildman–Crippen MR) is 59.2 cm³/mol. The summed E-state index contributed by atoms with van der Waals surface area (Å²) in [6, 6.07) is 0. The summed E-state index contributed by atoms with van der Waals surface area (Å²) in [6.07, 6.45) is 9.03. The maximum absolute atomic E-state index is 13.0. The number of hydrogen-bond donors (Lipinski definition) is 0. The number of halogens is 1. The molecule has 0 fully saturated rings. The van der Waals surface area contributed by atoms with Crippen molar-refractivity contribution in [2.75, 3.05) is 13.1 Å². The van der Waals surface area contributed by atoms with Gasteiger partial charge in [-0.3, -0.25) is 4.99 Å². The van der Waals surface area contributed by atoms with Crippen LogP contribution in [0.25, 0.3) is 0 Å². The highest BCUT2D eigenvalue weighted by Gasteiger charge is 2.30. The van der Waals surface area contributed by atoms with Gasteiger partial charge in [0.05, 0.1) is 5.70 Å². The normalized spacial score (nSPS) is 27.9. The molecule has 3 aliphatic rings. The summed E-state index contributed by atoms with van der Waals surface area (Å²) in [6.45, 7) is 1.09. The first-order valence-electron chi connectivity index (χ1n) is 5.54. The predicted octanol–water partition coefficient (Wildman–Crippen LogP) is 2.35. The molecule has 0 amide bonds. The second-order valence-corrected chi connectivity index (χ2v) is 4.19. The standard InChI is InChI=1S/C12H13FN2O/c13-10-1-2-12-11(8-16-15(12)7-10)9-3-5-14-6-4-9/h1-2,5,8-9H,3-4,6-7H2/t9-/m1/s1. The van der Waals surface area contributed by atoms with E-state index >= 15 is 0 Å². The second kappa shape index (κ2) is 3.77. The molecule has 16 heavy (non-hydrogen) atoms. The molecule has 3 rings (SSSR count). The van der Waals surface area contributed by atoms with Crippen molar-refractivity contribution >= 4 is 6.21 Å². The van der Waals surface area contributed by atoms with Crippen LogP contribution in [0.15, 0.2) is 40.5 Å². The number of nitrogens with zero attached hydrogens (tertiary/aromatic N) is 2. The zero-order valence-electron chi connectivity index (χ0n) is 8.90. The summed E-state index contributed by atoms with van der Waals surface area (Å²) >= 11 is 0. The topological polar surface area (TPSA) is 24.8 Å². The van der Waals surface area contributed by atoms with E-state index in [1.54, 1.807) is 17.4 Å². The number of hydroxylamine groups is 2. The minimum Gasteiger partial charge on any atom is -0.387 e. The Labute approximate surface area is 93.6 Å². The fraction of sp³-hybridized carbons (Fsp3) is 0.417. The van der Waals surface area contributed by atoms with Crippen molar-refractivity contribution in [1.29, 1.82) is 0 Å². The largest absolute Gasteiger partial charge is 0.387 e. The Balaban J connectivity index is 1.84. The van der Waals surface area contributed by atoms with Crippen molar-refractivity contribution in [3.63, 3.8) is 0 Å². The summed E-state index contributed by atoms with van der Waals surface area (Å²) in [5, 5.41) is 1.61. The molecule has 3 aliphatic heterocycles. The SMILES string of the molecule is FC1=CC=C2C([C@@H]3CC=NCC3)=CON2C1. The third kappa shape index (κ3) is 1.54. The molecule has 84 valence electrons. The van der Waals surface area contributed by atoms with Gasteiger partial charge >= 0.3 is 0 Å². The average Bonchev–Trinajstić information content (AvgIpc) is 2.73. The van der Waals surface area contributed by atoms with Crippen LogP contribution in [-0.2, 0) is 4.84 Å². The van der Waals surface area contributed by atoms with Crippen LogP contribution in [0.5, 0.6) is 0 Å². The molecule has 4 heteroatoms. The van der Waals surface area contributed by atoms with E-state index in [4.69, 9.17) is 4.84 Å². The highest BCUT2D eigenvalue weighted by Crippen LogP contribution is 2.36. The lowest BCUT2D eigenvalue weighted by molar-refractivity contribution is -0.0475. The Bertz CT molecular complexity index is 423. The van der Waals surface area contributed by atoms with Gasteiger partial charge in [0.1, 0.15) is 18.6 Å². The van der Waals surface area contributed by atoms with Crippen LogP contribution in [0.2, 0.25) is 0 Å². The van der Waals surface area contributed by atoms with Gasteiger partial charge in [0.15, 0.2) is 0 Å². The fourth-order valence-electron chi connectivity index (χ4n) is 2.27. The zero-order chi connectivity index (χ0) is 11.0. The smallest absolute Gasteiger partial charge is 0.125 e. The first-order chi connectivity index (χ1) is 7.84. The van der Waals surface area contributed by atoms with Crippen molar-refractivity contribution in [2.45, 2.75) is 12.8 Å². The van der Waals surface area contributed by atoms with Crippen LogP contribution in [0.4, 0.5) is 4.39 Å². The Kier molecular flexibility index (Phi) is 2.27. The number of aliphatic imine (C=N–C) groups is 1. The van der Waals surface area contributed by atoms with E-state index in [1.807, 2.05) is 6.21 Å². The second-order valence-electron chi connectivity index (χ2n) is 4.19. The number of allylic oxidation sites excluding steroid dienone is 3. The number of fused-ring (bicyclic) bond motifs is 1. The number of hydrogen-bond acceptors (Lipinski definition) is 3. The van der Waals surface area contributed by atoms with Crippen LogP contribution in [-0.4, -0.2) is 24.4 Å². The van der Waals surface area contributed by atoms with Crippen molar-refractivity contribution in [2.24, 2.45) is 10.9 Å². The molecule has 3 heterocycles. The van der Waals surface area contributed by atoms with Crippen LogP contribution in [0, 0.1) is 5.92 Å². The molecule has 0 aromatic carbocycles. The molecule has 0 unspecified atom stereocenters. The van der Waals surface area contributed by atoms with E-state index < -0.39 is 0 Å². The van der Waals surface area contributed by atoms with Crippen LogP contribution < -0.4 is 0 Å². The quantitative estimate of drug-likeness (QED) is 0.677. The van der Waals surface area contributed by atoms with E-state index in [0.29, 0.717) is 5.92 Å². The summed E-state index contributed by atoms with van der Waals surface area (Å²) in [5.41, 5.74) is 2.18. The minimum absolute atomic E-state index is 0.163. The molecule has 0 spiro atoms. The van der Waals surface area contributed by atoms with Gasteiger partial charge in [0.25, 0.3) is 0 Å². The summed E-state index contributed by atoms with van der Waals surface area (Å²) in [5.74, 6) is 0.298. The Morgan fingerprint density at radius 2 is 2.38 bits per heavy atom. The van der Waals surface area contributed by atoms with Crippen LogP contribution >= 0.6 is 0 Å². The molecule has 1 atom stereocenters. The Morgan fingerprint density at radius 1 is 1.44 bits per heavy atom. The first-order valence-corrected chi connectivity index (χ1v) is 5.54. The maximum atomic E-state index is 13.0. The third-order valence-electron chi connectivity index (χ3n) is 3.15. The summed E-state index contributed by atoms with van der Waals surface area (Å²) in [7, 11) is 0. The summed E-state index contributed by atoms with van der Waals surface area (Å²) < 4.78 is 13.0. The Hall–Kier alpha value is -1.58. The average molecular weight is 220 g/mol. The molecule has 0 aromatic heterocycles. The van der Waals surface area contributed by atoms with Crippen LogP contribution in [0.1, 0.15) is 12.8 Å². The summed E-state index contributed by atoms with van der Waals surface area (Å²) in [4.78, 5) is 9.59. The van der Waals surface area contributed by atoms with E-state index in [0.717, 1.165) is 25.1 Å². The highest BCUT2D eigenvalue weighted by molar-refractivity contribution is 5.60. The molecular formula is C12H13FN2O. The molecule has 0 aromatic rings. The van der Waals surface area contributed by atoms with Crippen molar-refractivity contribution in [1.82, 2.24) is 5.06 Å². The lowest BCUT2D eigenvalue weighted by Crippen LogP contribution is -2.23. The van der Waals surface area contributed by atoms with Gasteiger partial charge < -0.3 is 4.84 Å². The molecule has 0 radical (unpaired) electrons. The third-order valence-corrected chi connectivity index (χ3v) is 3.15. The molecule has 0 saturated heterocycles. The van der Waals surface area contributed by atoms with Gasteiger partial charge in [-0.05, 0) is 37.1 Å². The van der Waals surface area contributed by atoms with E-state index in [1.165, 1.54) is 11.6 Å². The molecule has 0 aliphatic carbocycles. The van der Waals surface area contributed by atoms with Crippen molar-refractivity contribution in [3.05, 3.63) is 35.5 Å². The van der Waals surface area contributed by atoms with E-state index in [2.05, 4.69) is 4.99 Å².